The average Bonchev–Trinajstić information content (AvgIpc) is 3.15. The van der Waals surface area contributed by atoms with Gasteiger partial charge in [-0.1, -0.05) is 0 Å². The van der Waals surface area contributed by atoms with Gasteiger partial charge < -0.3 is 8.97 Å². The standard InChI is InChI=1S/C19H25N5/c1-22-15-20-13-17(22)14-23-8-2-4-16(6-10-23)12-18-19-5-3-9-24(19)11-7-21-18/h3,5,7,9,11,13,15-16H,2,4,6,8,10,12,14H2,1H3/t16-/m0/s1. The maximum Gasteiger partial charge on any atom is 0.0945 e. The Labute approximate surface area is 143 Å². The van der Waals surface area contributed by atoms with Gasteiger partial charge in [0.2, 0.25) is 0 Å². The van der Waals surface area contributed by atoms with Crippen molar-refractivity contribution in [1.82, 2.24) is 23.8 Å². The first-order valence-corrected chi connectivity index (χ1v) is 8.88. The smallest absolute Gasteiger partial charge is 0.0945 e. The molecule has 1 saturated heterocycles. The van der Waals surface area contributed by atoms with Gasteiger partial charge in [0, 0.05) is 38.4 Å². The minimum atomic E-state index is 0.732. The Balaban J connectivity index is 1.40. The van der Waals surface area contributed by atoms with Gasteiger partial charge in [0.1, 0.15) is 0 Å². The topological polar surface area (TPSA) is 38.4 Å². The van der Waals surface area contributed by atoms with Crippen LogP contribution in [0.15, 0.2) is 43.2 Å². The van der Waals surface area contributed by atoms with Crippen LogP contribution in [0, 0.1) is 5.92 Å². The van der Waals surface area contributed by atoms with Crippen LogP contribution in [0.2, 0.25) is 0 Å². The van der Waals surface area contributed by atoms with E-state index in [2.05, 4.69) is 49.2 Å². The molecule has 4 rings (SSSR count). The third-order valence-corrected chi connectivity index (χ3v) is 5.26. The summed E-state index contributed by atoms with van der Waals surface area (Å²) in [6.07, 6.45) is 14.8. The Morgan fingerprint density at radius 2 is 2.17 bits per heavy atom. The molecule has 0 amide bonds. The first-order valence-electron chi connectivity index (χ1n) is 8.88. The zero-order chi connectivity index (χ0) is 16.4. The Morgan fingerprint density at radius 1 is 1.21 bits per heavy atom. The van der Waals surface area contributed by atoms with Gasteiger partial charge in [-0.15, -0.1) is 0 Å². The Morgan fingerprint density at radius 3 is 3.04 bits per heavy atom. The molecule has 24 heavy (non-hydrogen) atoms. The second kappa shape index (κ2) is 6.77. The summed E-state index contributed by atoms with van der Waals surface area (Å²) in [6, 6.07) is 4.27. The quantitative estimate of drug-likeness (QED) is 0.741. The highest BCUT2D eigenvalue weighted by molar-refractivity contribution is 5.52. The van der Waals surface area contributed by atoms with Crippen molar-refractivity contribution in [3.05, 3.63) is 54.6 Å². The number of rotatable bonds is 4. The van der Waals surface area contributed by atoms with E-state index < -0.39 is 0 Å². The highest BCUT2D eigenvalue weighted by Gasteiger charge is 2.19. The van der Waals surface area contributed by atoms with Crippen LogP contribution in [0.3, 0.4) is 0 Å². The zero-order valence-electron chi connectivity index (χ0n) is 14.3. The number of nitrogens with zero attached hydrogens (tertiary/aromatic N) is 5. The van der Waals surface area contributed by atoms with Crippen molar-refractivity contribution in [3.8, 4) is 0 Å². The molecule has 0 aromatic carbocycles. The van der Waals surface area contributed by atoms with E-state index >= 15 is 0 Å². The summed E-state index contributed by atoms with van der Waals surface area (Å²) in [7, 11) is 2.08. The largest absolute Gasteiger partial charge is 0.337 e. The van der Waals surface area contributed by atoms with Gasteiger partial charge in [-0.05, 0) is 56.8 Å². The van der Waals surface area contributed by atoms with Crippen LogP contribution in [-0.2, 0) is 20.0 Å². The van der Waals surface area contributed by atoms with Crippen LogP contribution in [0.1, 0.15) is 30.7 Å². The monoisotopic (exact) mass is 323 g/mol. The van der Waals surface area contributed by atoms with E-state index in [1.165, 1.54) is 49.3 Å². The summed E-state index contributed by atoms with van der Waals surface area (Å²) in [5.41, 5.74) is 3.80. The number of hydrogen-bond donors (Lipinski definition) is 0. The van der Waals surface area contributed by atoms with E-state index in [4.69, 9.17) is 0 Å². The van der Waals surface area contributed by atoms with E-state index in [9.17, 15) is 0 Å². The molecule has 0 saturated carbocycles. The second-order valence-corrected chi connectivity index (χ2v) is 6.95. The molecule has 0 unspecified atom stereocenters. The van der Waals surface area contributed by atoms with Crippen LogP contribution in [0.4, 0.5) is 0 Å². The van der Waals surface area contributed by atoms with Crippen LogP contribution in [0.5, 0.6) is 0 Å². The number of aryl methyl sites for hydroxylation is 1. The van der Waals surface area contributed by atoms with E-state index in [0.29, 0.717) is 0 Å². The molecule has 126 valence electrons. The molecule has 1 atom stereocenters. The van der Waals surface area contributed by atoms with Gasteiger partial charge in [-0.25, -0.2) is 4.98 Å². The van der Waals surface area contributed by atoms with Crippen LogP contribution >= 0.6 is 0 Å². The number of hydrogen-bond acceptors (Lipinski definition) is 3. The molecule has 3 aromatic heterocycles. The van der Waals surface area contributed by atoms with Gasteiger partial charge in [0.05, 0.1) is 23.2 Å². The van der Waals surface area contributed by atoms with Gasteiger partial charge in [0.15, 0.2) is 0 Å². The first-order chi connectivity index (χ1) is 11.8. The molecule has 0 bridgehead atoms. The van der Waals surface area contributed by atoms with Gasteiger partial charge in [0.25, 0.3) is 0 Å². The molecular formula is C19H25N5. The lowest BCUT2D eigenvalue weighted by molar-refractivity contribution is 0.266. The average molecular weight is 323 g/mol. The number of imidazole rings is 1. The molecule has 4 heterocycles. The molecule has 5 nitrogen and oxygen atoms in total. The predicted octanol–water partition coefficient (Wildman–Crippen LogP) is 2.91. The Kier molecular flexibility index (Phi) is 4.34. The highest BCUT2D eigenvalue weighted by Crippen LogP contribution is 2.24. The van der Waals surface area contributed by atoms with E-state index in [-0.39, 0.29) is 0 Å². The van der Waals surface area contributed by atoms with Crippen molar-refractivity contribution in [3.63, 3.8) is 0 Å². The van der Waals surface area contributed by atoms with Gasteiger partial charge in [-0.2, -0.15) is 0 Å². The lowest BCUT2D eigenvalue weighted by Crippen LogP contribution is -2.25. The summed E-state index contributed by atoms with van der Waals surface area (Å²) >= 11 is 0. The van der Waals surface area contributed by atoms with Gasteiger partial charge in [-0.3, -0.25) is 9.88 Å². The van der Waals surface area contributed by atoms with Crippen LogP contribution in [0.25, 0.3) is 5.52 Å². The van der Waals surface area contributed by atoms with Crippen molar-refractivity contribution in [2.24, 2.45) is 13.0 Å². The lowest BCUT2D eigenvalue weighted by atomic mass is 9.95. The van der Waals surface area contributed by atoms with Crippen molar-refractivity contribution >= 4 is 5.52 Å². The van der Waals surface area contributed by atoms with E-state index in [1.54, 1.807) is 0 Å². The van der Waals surface area contributed by atoms with Crippen molar-refractivity contribution in [2.75, 3.05) is 13.1 Å². The maximum atomic E-state index is 4.65. The highest BCUT2D eigenvalue weighted by atomic mass is 15.2. The first kappa shape index (κ1) is 15.4. The number of fused-ring (bicyclic) bond motifs is 1. The maximum absolute atomic E-state index is 4.65. The normalized spacial score (nSPS) is 19.6. The Hall–Kier alpha value is -2.14. The molecule has 5 heteroatoms. The van der Waals surface area contributed by atoms with E-state index in [1.807, 2.05) is 24.9 Å². The zero-order valence-corrected chi connectivity index (χ0v) is 14.3. The van der Waals surface area contributed by atoms with Crippen LogP contribution in [-0.4, -0.2) is 36.9 Å². The third kappa shape index (κ3) is 3.22. The fraction of sp³-hybridized carbons (Fsp3) is 0.474. The van der Waals surface area contributed by atoms with E-state index in [0.717, 1.165) is 18.9 Å². The molecule has 0 aliphatic carbocycles. The minimum Gasteiger partial charge on any atom is -0.337 e. The summed E-state index contributed by atoms with van der Waals surface area (Å²) in [6.45, 7) is 3.36. The predicted molar refractivity (Wildman–Crippen MR) is 94.7 cm³/mol. The van der Waals surface area contributed by atoms with Crippen molar-refractivity contribution in [2.45, 2.75) is 32.2 Å². The third-order valence-electron chi connectivity index (χ3n) is 5.26. The SMILES string of the molecule is Cn1cncc1CN1CCC[C@H](Cc2nccn3cccc23)CC1. The molecule has 1 aliphatic heterocycles. The molecule has 0 N–H and O–H groups in total. The summed E-state index contributed by atoms with van der Waals surface area (Å²) in [5, 5.41) is 0. The molecule has 0 spiro atoms. The van der Waals surface area contributed by atoms with Crippen LogP contribution < -0.4 is 0 Å². The second-order valence-electron chi connectivity index (χ2n) is 6.95. The number of aromatic nitrogens is 4. The lowest BCUT2D eigenvalue weighted by Gasteiger charge is -2.20. The summed E-state index contributed by atoms with van der Waals surface area (Å²) in [4.78, 5) is 11.5. The molecule has 0 radical (unpaired) electrons. The minimum absolute atomic E-state index is 0.732. The molecule has 1 fully saturated rings. The molecule has 1 aliphatic rings. The van der Waals surface area contributed by atoms with Crippen molar-refractivity contribution in [1.29, 1.82) is 0 Å². The molecular weight excluding hydrogens is 298 g/mol. The Bertz CT molecular complexity index is 803. The summed E-state index contributed by atoms with van der Waals surface area (Å²) in [5.74, 6) is 0.732. The van der Waals surface area contributed by atoms with Gasteiger partial charge >= 0.3 is 0 Å². The molecule has 3 aromatic rings. The fourth-order valence-corrected chi connectivity index (χ4v) is 3.81. The summed E-state index contributed by atoms with van der Waals surface area (Å²) < 4.78 is 4.30. The van der Waals surface area contributed by atoms with Crippen molar-refractivity contribution < 1.29 is 0 Å². The fourth-order valence-electron chi connectivity index (χ4n) is 3.81. The number of likely N-dealkylation sites (tertiary alicyclic amines) is 1.